The normalized spacial score (nSPS) is 32.2. The lowest BCUT2D eigenvalue weighted by Crippen LogP contribution is -2.29. The number of carbonyl (C=O) groups excluding carboxylic acids is 1. The van der Waals surface area contributed by atoms with Crippen LogP contribution in [0.5, 0.6) is 0 Å². The summed E-state index contributed by atoms with van der Waals surface area (Å²) >= 11 is 0. The number of ether oxygens (including phenoxy) is 1. The third-order valence-corrected chi connectivity index (χ3v) is 3.28. The number of methoxy groups -OCH3 is 1. The zero-order valence-electron chi connectivity index (χ0n) is 8.08. The minimum absolute atomic E-state index is 0.108. The van der Waals surface area contributed by atoms with Gasteiger partial charge in [-0.25, -0.2) is 4.79 Å². The van der Waals surface area contributed by atoms with E-state index in [9.17, 15) is 4.79 Å². The molecule has 2 nitrogen and oxygen atoms in total. The molecule has 2 aliphatic carbocycles. The number of allylic oxidation sites excluding steroid dienone is 1. The van der Waals surface area contributed by atoms with Crippen LogP contribution in [0, 0.1) is 11.8 Å². The summed E-state index contributed by atoms with van der Waals surface area (Å²) in [5.41, 5.74) is 0.939. The summed E-state index contributed by atoms with van der Waals surface area (Å²) in [5.74, 6) is 1.09. The van der Waals surface area contributed by atoms with Gasteiger partial charge in [-0.05, 0) is 24.7 Å². The molecule has 13 heavy (non-hydrogen) atoms. The topological polar surface area (TPSA) is 26.3 Å². The van der Waals surface area contributed by atoms with Gasteiger partial charge in [-0.15, -0.1) is 0 Å². The third-order valence-electron chi connectivity index (χ3n) is 3.28. The number of hydrogen-bond acceptors (Lipinski definition) is 2. The molecule has 0 heterocycles. The molecule has 0 unspecified atom stereocenters. The molecule has 0 radical (unpaired) electrons. The van der Waals surface area contributed by atoms with Crippen LogP contribution in [0.15, 0.2) is 11.6 Å². The molecule has 1 fully saturated rings. The zero-order valence-corrected chi connectivity index (χ0v) is 8.08. The Labute approximate surface area is 79.0 Å². The van der Waals surface area contributed by atoms with E-state index in [1.54, 1.807) is 0 Å². The van der Waals surface area contributed by atoms with Gasteiger partial charge < -0.3 is 4.74 Å². The molecule has 2 atom stereocenters. The van der Waals surface area contributed by atoms with Gasteiger partial charge in [-0.1, -0.05) is 25.3 Å². The molecule has 2 aliphatic rings. The van der Waals surface area contributed by atoms with Gasteiger partial charge in [-0.2, -0.15) is 0 Å². The molecule has 0 bridgehead atoms. The van der Waals surface area contributed by atoms with Crippen LogP contribution in [0.4, 0.5) is 0 Å². The van der Waals surface area contributed by atoms with E-state index in [1.165, 1.54) is 39.2 Å². The highest BCUT2D eigenvalue weighted by atomic mass is 16.5. The van der Waals surface area contributed by atoms with E-state index in [0.29, 0.717) is 11.8 Å². The van der Waals surface area contributed by atoms with E-state index in [0.717, 1.165) is 5.57 Å². The van der Waals surface area contributed by atoms with E-state index in [1.807, 2.05) is 0 Å². The lowest BCUT2D eigenvalue weighted by Gasteiger charge is -2.33. The first-order chi connectivity index (χ1) is 6.33. The van der Waals surface area contributed by atoms with Crippen LogP contribution >= 0.6 is 0 Å². The second kappa shape index (κ2) is 3.52. The molecule has 0 aromatic carbocycles. The summed E-state index contributed by atoms with van der Waals surface area (Å²) in [7, 11) is 1.47. The second-order valence-corrected chi connectivity index (χ2v) is 4.02. The smallest absolute Gasteiger partial charge is 0.333 e. The molecular formula is C11H16O2. The Morgan fingerprint density at radius 3 is 2.92 bits per heavy atom. The fourth-order valence-electron chi connectivity index (χ4n) is 2.49. The number of hydrogen-bond donors (Lipinski definition) is 0. The number of carbonyl (C=O) groups is 1. The van der Waals surface area contributed by atoms with Crippen molar-refractivity contribution in [3.63, 3.8) is 0 Å². The van der Waals surface area contributed by atoms with Crippen molar-refractivity contribution in [3.05, 3.63) is 11.6 Å². The SMILES string of the molecule is COC(=O)C1=C[C@@H]2CCCCC[C@@H]12. The highest BCUT2D eigenvalue weighted by Gasteiger charge is 2.37. The molecular weight excluding hydrogens is 164 g/mol. The molecule has 2 rings (SSSR count). The molecule has 2 heteroatoms. The van der Waals surface area contributed by atoms with Gasteiger partial charge in [0.05, 0.1) is 7.11 Å². The largest absolute Gasteiger partial charge is 0.466 e. The van der Waals surface area contributed by atoms with E-state index in [4.69, 9.17) is 4.74 Å². The van der Waals surface area contributed by atoms with Gasteiger partial charge in [0, 0.05) is 5.57 Å². The Morgan fingerprint density at radius 2 is 2.15 bits per heavy atom. The van der Waals surface area contributed by atoms with Crippen molar-refractivity contribution >= 4 is 5.97 Å². The van der Waals surface area contributed by atoms with Crippen LogP contribution in [-0.2, 0) is 9.53 Å². The first-order valence-electron chi connectivity index (χ1n) is 5.13. The van der Waals surface area contributed by atoms with Crippen molar-refractivity contribution in [3.8, 4) is 0 Å². The van der Waals surface area contributed by atoms with Crippen molar-refractivity contribution in [2.24, 2.45) is 11.8 Å². The first kappa shape index (κ1) is 8.79. The molecule has 0 N–H and O–H groups in total. The molecule has 0 saturated heterocycles. The Kier molecular flexibility index (Phi) is 2.38. The van der Waals surface area contributed by atoms with E-state index >= 15 is 0 Å². The van der Waals surface area contributed by atoms with Gasteiger partial charge in [0.15, 0.2) is 0 Å². The predicted molar refractivity (Wildman–Crippen MR) is 50.2 cm³/mol. The molecule has 0 aromatic heterocycles. The average Bonchev–Trinajstić information content (AvgIpc) is 2.29. The summed E-state index contributed by atoms with van der Waals surface area (Å²) < 4.78 is 4.74. The van der Waals surface area contributed by atoms with Crippen LogP contribution in [0.2, 0.25) is 0 Å². The maximum absolute atomic E-state index is 11.3. The van der Waals surface area contributed by atoms with Crippen LogP contribution in [0.25, 0.3) is 0 Å². The van der Waals surface area contributed by atoms with Gasteiger partial charge in [0.1, 0.15) is 0 Å². The first-order valence-corrected chi connectivity index (χ1v) is 5.13. The summed E-state index contributed by atoms with van der Waals surface area (Å²) in [5, 5.41) is 0. The molecule has 72 valence electrons. The van der Waals surface area contributed by atoms with Gasteiger partial charge in [0.25, 0.3) is 0 Å². The van der Waals surface area contributed by atoms with Crippen LogP contribution in [-0.4, -0.2) is 13.1 Å². The van der Waals surface area contributed by atoms with E-state index in [2.05, 4.69) is 6.08 Å². The van der Waals surface area contributed by atoms with Crippen molar-refractivity contribution in [2.75, 3.05) is 7.11 Å². The summed E-state index contributed by atoms with van der Waals surface area (Å²) in [4.78, 5) is 11.3. The molecule has 0 aromatic rings. The maximum atomic E-state index is 11.3. The Morgan fingerprint density at radius 1 is 1.38 bits per heavy atom. The molecule has 0 amide bonds. The lowest BCUT2D eigenvalue weighted by atomic mass is 9.72. The van der Waals surface area contributed by atoms with Gasteiger partial charge >= 0.3 is 5.97 Å². The fourth-order valence-corrected chi connectivity index (χ4v) is 2.49. The molecule has 1 saturated carbocycles. The van der Waals surface area contributed by atoms with Crippen molar-refractivity contribution in [1.82, 2.24) is 0 Å². The molecule has 0 aliphatic heterocycles. The highest BCUT2D eigenvalue weighted by Crippen LogP contribution is 2.43. The van der Waals surface area contributed by atoms with E-state index in [-0.39, 0.29) is 5.97 Å². The van der Waals surface area contributed by atoms with Crippen molar-refractivity contribution < 1.29 is 9.53 Å². The van der Waals surface area contributed by atoms with Crippen LogP contribution in [0.1, 0.15) is 32.1 Å². The second-order valence-electron chi connectivity index (χ2n) is 4.02. The average molecular weight is 180 g/mol. The Balaban J connectivity index is 2.05. The van der Waals surface area contributed by atoms with Gasteiger partial charge in [0.2, 0.25) is 0 Å². The minimum atomic E-state index is -0.108. The number of rotatable bonds is 1. The van der Waals surface area contributed by atoms with Gasteiger partial charge in [-0.3, -0.25) is 0 Å². The van der Waals surface area contributed by atoms with Crippen molar-refractivity contribution in [2.45, 2.75) is 32.1 Å². The van der Waals surface area contributed by atoms with Crippen LogP contribution in [0.3, 0.4) is 0 Å². The number of fused-ring (bicyclic) bond motifs is 1. The lowest BCUT2D eigenvalue weighted by molar-refractivity contribution is -0.137. The monoisotopic (exact) mass is 180 g/mol. The van der Waals surface area contributed by atoms with Crippen LogP contribution < -0.4 is 0 Å². The number of esters is 1. The van der Waals surface area contributed by atoms with Crippen molar-refractivity contribution in [1.29, 1.82) is 0 Å². The minimum Gasteiger partial charge on any atom is -0.466 e. The predicted octanol–water partition coefficient (Wildman–Crippen LogP) is 2.30. The fraction of sp³-hybridized carbons (Fsp3) is 0.727. The molecule has 0 spiro atoms. The summed E-state index contributed by atoms with van der Waals surface area (Å²) in [6.45, 7) is 0. The quantitative estimate of drug-likeness (QED) is 0.579. The third kappa shape index (κ3) is 1.50. The zero-order chi connectivity index (χ0) is 9.26. The summed E-state index contributed by atoms with van der Waals surface area (Å²) in [6.07, 6.45) is 8.50. The van der Waals surface area contributed by atoms with E-state index < -0.39 is 0 Å². The Hall–Kier alpha value is -0.790. The maximum Gasteiger partial charge on any atom is 0.333 e. The highest BCUT2D eigenvalue weighted by molar-refractivity contribution is 5.90. The standard InChI is InChI=1S/C11H16O2/c1-13-11(12)10-7-8-5-3-2-4-6-9(8)10/h7-9H,2-6H2,1H3/t8-,9+/m0/s1. The summed E-state index contributed by atoms with van der Waals surface area (Å²) in [6, 6.07) is 0. The Bertz CT molecular complexity index is 242.